The van der Waals surface area contributed by atoms with Gasteiger partial charge in [-0.2, -0.15) is 0 Å². The summed E-state index contributed by atoms with van der Waals surface area (Å²) in [6.07, 6.45) is 5.94. The van der Waals surface area contributed by atoms with Crippen molar-refractivity contribution in [3.8, 4) is 0 Å². The largest absolute Gasteiger partial charge is 0.394 e. The average Bonchev–Trinajstić information content (AvgIpc) is 3.00. The first-order valence-corrected chi connectivity index (χ1v) is 8.90. The predicted molar refractivity (Wildman–Crippen MR) is 84.6 cm³/mol. The number of carbonyl (C=O) groups is 2. The highest BCUT2D eigenvalue weighted by Gasteiger charge is 2.51. The fourth-order valence-corrected chi connectivity index (χ4v) is 4.26. The van der Waals surface area contributed by atoms with Crippen molar-refractivity contribution in [2.24, 2.45) is 17.3 Å². The van der Waals surface area contributed by atoms with Crippen LogP contribution in [0.1, 0.15) is 44.9 Å². The molecule has 6 heteroatoms. The standard InChI is InChI=1S/C17H28N2O4/c20-10-14(8-12-4-7-23-11-12)19-16(22)17(5-1-6-17)13-2-3-15(21)18-9-13/h12-14,20H,1-11H2,(H,18,21)(H,19,22). The Balaban J connectivity index is 1.58. The van der Waals surface area contributed by atoms with Crippen molar-refractivity contribution in [1.82, 2.24) is 10.6 Å². The van der Waals surface area contributed by atoms with Gasteiger partial charge in [0.25, 0.3) is 0 Å². The molecule has 0 spiro atoms. The third-order valence-electron chi connectivity index (χ3n) is 5.94. The Morgan fingerprint density at radius 2 is 2.26 bits per heavy atom. The van der Waals surface area contributed by atoms with Crippen molar-refractivity contribution in [3.63, 3.8) is 0 Å². The van der Waals surface area contributed by atoms with E-state index in [-0.39, 0.29) is 35.8 Å². The van der Waals surface area contributed by atoms with Crippen LogP contribution in [0.5, 0.6) is 0 Å². The van der Waals surface area contributed by atoms with Crippen LogP contribution < -0.4 is 10.6 Å². The molecule has 6 nitrogen and oxygen atoms in total. The summed E-state index contributed by atoms with van der Waals surface area (Å²) in [6, 6.07) is -0.190. The molecule has 23 heavy (non-hydrogen) atoms. The number of aliphatic hydroxyl groups excluding tert-OH is 1. The average molecular weight is 324 g/mol. The van der Waals surface area contributed by atoms with Gasteiger partial charge in [-0.1, -0.05) is 6.42 Å². The van der Waals surface area contributed by atoms with Gasteiger partial charge in [0.15, 0.2) is 0 Å². The van der Waals surface area contributed by atoms with Gasteiger partial charge in [0.1, 0.15) is 0 Å². The Hall–Kier alpha value is -1.14. The number of hydrogen-bond acceptors (Lipinski definition) is 4. The second-order valence-corrected chi connectivity index (χ2v) is 7.37. The van der Waals surface area contributed by atoms with Crippen molar-refractivity contribution in [3.05, 3.63) is 0 Å². The van der Waals surface area contributed by atoms with E-state index in [1.54, 1.807) is 0 Å². The SMILES string of the molecule is O=C1CCC(C2(C(=O)NC(CO)CC3CCOC3)CCC2)CN1. The normalized spacial score (nSPS) is 31.1. The Morgan fingerprint density at radius 3 is 2.78 bits per heavy atom. The van der Waals surface area contributed by atoms with Crippen LogP contribution in [-0.4, -0.2) is 49.3 Å². The first kappa shape index (κ1) is 16.7. The van der Waals surface area contributed by atoms with Crippen LogP contribution in [0.4, 0.5) is 0 Å². The number of amides is 2. The minimum atomic E-state index is -0.340. The number of piperidine rings is 1. The Bertz CT molecular complexity index is 434. The number of nitrogens with one attached hydrogen (secondary N) is 2. The van der Waals surface area contributed by atoms with Gasteiger partial charge in [-0.15, -0.1) is 0 Å². The van der Waals surface area contributed by atoms with Crippen LogP contribution in [0.2, 0.25) is 0 Å². The quantitative estimate of drug-likeness (QED) is 0.667. The van der Waals surface area contributed by atoms with Crippen LogP contribution in [-0.2, 0) is 14.3 Å². The summed E-state index contributed by atoms with van der Waals surface area (Å²) in [5.41, 5.74) is -0.340. The second kappa shape index (κ2) is 7.18. The zero-order valence-electron chi connectivity index (χ0n) is 13.7. The number of carbonyl (C=O) groups excluding carboxylic acids is 2. The van der Waals surface area contributed by atoms with Crippen molar-refractivity contribution in [2.45, 2.75) is 51.0 Å². The first-order valence-electron chi connectivity index (χ1n) is 8.90. The molecule has 2 heterocycles. The predicted octanol–water partition coefficient (Wildman–Crippen LogP) is 0.587. The molecule has 0 aromatic rings. The van der Waals surface area contributed by atoms with E-state index in [0.717, 1.165) is 51.7 Å². The molecule has 3 unspecified atom stereocenters. The molecule has 1 aliphatic carbocycles. The van der Waals surface area contributed by atoms with E-state index in [4.69, 9.17) is 4.74 Å². The van der Waals surface area contributed by atoms with Crippen molar-refractivity contribution < 1.29 is 19.4 Å². The lowest BCUT2D eigenvalue weighted by Gasteiger charge is -2.48. The maximum atomic E-state index is 12.9. The first-order chi connectivity index (χ1) is 11.1. The second-order valence-electron chi connectivity index (χ2n) is 7.37. The molecule has 3 aliphatic rings. The maximum absolute atomic E-state index is 12.9. The summed E-state index contributed by atoms with van der Waals surface area (Å²) in [7, 11) is 0. The lowest BCUT2D eigenvalue weighted by molar-refractivity contribution is -0.145. The van der Waals surface area contributed by atoms with Gasteiger partial charge in [-0.3, -0.25) is 9.59 Å². The van der Waals surface area contributed by atoms with Crippen LogP contribution in [0.3, 0.4) is 0 Å². The van der Waals surface area contributed by atoms with Crippen LogP contribution in [0.25, 0.3) is 0 Å². The smallest absolute Gasteiger partial charge is 0.226 e. The zero-order chi connectivity index (χ0) is 16.3. The number of aliphatic hydroxyl groups is 1. The topological polar surface area (TPSA) is 87.7 Å². The van der Waals surface area contributed by atoms with Gasteiger partial charge in [0.2, 0.25) is 11.8 Å². The minimum absolute atomic E-state index is 0.0281. The molecule has 2 saturated heterocycles. The molecule has 2 amide bonds. The van der Waals surface area contributed by atoms with E-state index in [0.29, 0.717) is 18.9 Å². The Labute approximate surface area is 137 Å². The number of rotatable bonds is 6. The molecule has 3 rings (SSSR count). The molecular formula is C17H28N2O4. The van der Waals surface area contributed by atoms with Crippen molar-refractivity contribution >= 4 is 11.8 Å². The third kappa shape index (κ3) is 3.53. The highest BCUT2D eigenvalue weighted by molar-refractivity contribution is 5.85. The van der Waals surface area contributed by atoms with Crippen LogP contribution >= 0.6 is 0 Å². The molecule has 3 N–H and O–H groups in total. The van der Waals surface area contributed by atoms with Gasteiger partial charge in [-0.25, -0.2) is 0 Å². The Morgan fingerprint density at radius 1 is 1.43 bits per heavy atom. The van der Waals surface area contributed by atoms with Gasteiger partial charge >= 0.3 is 0 Å². The molecular weight excluding hydrogens is 296 g/mol. The van der Waals surface area contributed by atoms with E-state index < -0.39 is 0 Å². The third-order valence-corrected chi connectivity index (χ3v) is 5.94. The molecule has 0 aromatic carbocycles. The van der Waals surface area contributed by atoms with E-state index in [1.807, 2.05) is 0 Å². The molecule has 1 saturated carbocycles. The highest BCUT2D eigenvalue weighted by Crippen LogP contribution is 2.49. The molecule has 3 fully saturated rings. The summed E-state index contributed by atoms with van der Waals surface area (Å²) in [5, 5.41) is 15.6. The fraction of sp³-hybridized carbons (Fsp3) is 0.882. The van der Waals surface area contributed by atoms with Gasteiger partial charge in [0, 0.05) is 26.2 Å². The van der Waals surface area contributed by atoms with Crippen LogP contribution in [0.15, 0.2) is 0 Å². The molecule has 0 bridgehead atoms. The summed E-state index contributed by atoms with van der Waals surface area (Å²) in [5.74, 6) is 0.815. The highest BCUT2D eigenvalue weighted by atomic mass is 16.5. The van der Waals surface area contributed by atoms with Gasteiger partial charge in [-0.05, 0) is 43.9 Å². The fourth-order valence-electron chi connectivity index (χ4n) is 4.26. The summed E-state index contributed by atoms with van der Waals surface area (Å²) < 4.78 is 5.38. The molecule has 0 aromatic heterocycles. The molecule has 3 atom stereocenters. The molecule has 130 valence electrons. The van der Waals surface area contributed by atoms with Gasteiger partial charge < -0.3 is 20.5 Å². The van der Waals surface area contributed by atoms with E-state index in [1.165, 1.54) is 0 Å². The lowest BCUT2D eigenvalue weighted by atomic mass is 9.58. The number of ether oxygens (including phenoxy) is 1. The van der Waals surface area contributed by atoms with Crippen molar-refractivity contribution in [2.75, 3.05) is 26.4 Å². The molecule has 0 radical (unpaired) electrons. The summed E-state index contributed by atoms with van der Waals surface area (Å²) >= 11 is 0. The van der Waals surface area contributed by atoms with Crippen LogP contribution in [0, 0.1) is 17.3 Å². The Kier molecular flexibility index (Phi) is 5.21. The van der Waals surface area contributed by atoms with E-state index in [2.05, 4.69) is 10.6 Å². The summed E-state index contributed by atoms with van der Waals surface area (Å²) in [6.45, 7) is 2.08. The minimum Gasteiger partial charge on any atom is -0.394 e. The van der Waals surface area contributed by atoms with E-state index >= 15 is 0 Å². The lowest BCUT2D eigenvalue weighted by Crippen LogP contribution is -2.57. The monoisotopic (exact) mass is 324 g/mol. The van der Waals surface area contributed by atoms with Gasteiger partial charge in [0.05, 0.1) is 18.1 Å². The molecule has 2 aliphatic heterocycles. The maximum Gasteiger partial charge on any atom is 0.226 e. The number of hydrogen-bond donors (Lipinski definition) is 3. The summed E-state index contributed by atoms with van der Waals surface area (Å²) in [4.78, 5) is 24.3. The van der Waals surface area contributed by atoms with E-state index in [9.17, 15) is 14.7 Å². The van der Waals surface area contributed by atoms with Crippen molar-refractivity contribution in [1.29, 1.82) is 0 Å². The zero-order valence-corrected chi connectivity index (χ0v) is 13.7.